The van der Waals surface area contributed by atoms with Gasteiger partial charge in [0, 0.05) is 0 Å². The van der Waals surface area contributed by atoms with E-state index in [-0.39, 0.29) is 17.1 Å². The number of nitrogens with one attached hydrogen (secondary N) is 2. The fraction of sp³-hybridized carbons (Fsp3) is 0.545. The molecule has 2 unspecified atom stereocenters. The molecular weight excluding hydrogens is 263 g/mol. The van der Waals surface area contributed by atoms with Gasteiger partial charge in [-0.05, 0) is 18.9 Å². The van der Waals surface area contributed by atoms with Gasteiger partial charge < -0.3 is 15.4 Å². The normalized spacial score (nSPS) is 24.6. The summed E-state index contributed by atoms with van der Waals surface area (Å²) >= 11 is 11.5. The summed E-state index contributed by atoms with van der Waals surface area (Å²) in [6.45, 7) is 0. The highest BCUT2D eigenvalue weighted by Crippen LogP contribution is 2.23. The number of hydrogen-bond acceptors (Lipinski definition) is 2. The molecule has 0 saturated heterocycles. The number of carbonyl (C=O) groups excluding carboxylic acids is 1. The number of carbonyl (C=O) groups is 1. The second kappa shape index (κ2) is 5.29. The molecule has 0 spiro atoms. The predicted molar refractivity (Wildman–Crippen MR) is 66.5 cm³/mol. The van der Waals surface area contributed by atoms with Crippen molar-refractivity contribution < 1.29 is 9.90 Å². The minimum absolute atomic E-state index is 0.183. The molecule has 1 fully saturated rings. The first-order valence-electron chi connectivity index (χ1n) is 5.61. The third-order valence-corrected chi connectivity index (χ3v) is 3.71. The summed E-state index contributed by atoms with van der Waals surface area (Å²) < 4.78 is 0. The van der Waals surface area contributed by atoms with Crippen molar-refractivity contribution >= 4 is 29.1 Å². The number of H-pyrrole nitrogens is 1. The average molecular weight is 277 g/mol. The van der Waals surface area contributed by atoms with Gasteiger partial charge in [0.1, 0.15) is 10.8 Å². The summed E-state index contributed by atoms with van der Waals surface area (Å²) in [7, 11) is 0. The third kappa shape index (κ3) is 2.94. The van der Waals surface area contributed by atoms with Crippen molar-refractivity contribution in [1.29, 1.82) is 0 Å². The van der Waals surface area contributed by atoms with Crippen molar-refractivity contribution in [3.05, 3.63) is 21.9 Å². The molecule has 0 aromatic carbocycles. The predicted octanol–water partition coefficient (Wildman–Crippen LogP) is 2.35. The van der Waals surface area contributed by atoms with E-state index >= 15 is 0 Å². The molecule has 1 aromatic rings. The lowest BCUT2D eigenvalue weighted by molar-refractivity contribution is 0.0714. The first-order chi connectivity index (χ1) is 8.08. The van der Waals surface area contributed by atoms with Gasteiger partial charge in [0.15, 0.2) is 0 Å². The summed E-state index contributed by atoms with van der Waals surface area (Å²) in [5, 5.41) is 13.1. The second-order valence-corrected chi connectivity index (χ2v) is 5.06. The molecule has 94 valence electrons. The fourth-order valence-electron chi connectivity index (χ4n) is 2.05. The van der Waals surface area contributed by atoms with E-state index < -0.39 is 6.10 Å². The number of rotatable bonds is 2. The molecule has 2 rings (SSSR count). The van der Waals surface area contributed by atoms with E-state index in [0.717, 1.165) is 25.7 Å². The van der Waals surface area contributed by atoms with Gasteiger partial charge in [0.2, 0.25) is 0 Å². The van der Waals surface area contributed by atoms with Crippen LogP contribution in [-0.2, 0) is 0 Å². The maximum absolute atomic E-state index is 11.9. The van der Waals surface area contributed by atoms with Crippen molar-refractivity contribution in [3.63, 3.8) is 0 Å². The van der Waals surface area contributed by atoms with Crippen LogP contribution in [0, 0.1) is 0 Å². The topological polar surface area (TPSA) is 65.1 Å². The molecule has 4 nitrogen and oxygen atoms in total. The lowest BCUT2D eigenvalue weighted by Crippen LogP contribution is -2.45. The number of aliphatic hydroxyl groups is 1. The Morgan fingerprint density at radius 1 is 1.41 bits per heavy atom. The van der Waals surface area contributed by atoms with E-state index in [1.807, 2.05) is 0 Å². The molecule has 1 aliphatic carbocycles. The molecular formula is C11H14Cl2N2O2. The van der Waals surface area contributed by atoms with Gasteiger partial charge >= 0.3 is 0 Å². The van der Waals surface area contributed by atoms with Crippen LogP contribution >= 0.6 is 23.2 Å². The Morgan fingerprint density at radius 2 is 2.12 bits per heavy atom. The van der Waals surface area contributed by atoms with Gasteiger partial charge in [-0.3, -0.25) is 4.79 Å². The van der Waals surface area contributed by atoms with Gasteiger partial charge in [-0.25, -0.2) is 0 Å². The summed E-state index contributed by atoms with van der Waals surface area (Å²) in [6.07, 6.45) is 3.10. The molecule has 1 heterocycles. The zero-order valence-corrected chi connectivity index (χ0v) is 10.7. The number of aromatic nitrogens is 1. The molecule has 2 atom stereocenters. The third-order valence-electron chi connectivity index (χ3n) is 3.02. The summed E-state index contributed by atoms with van der Waals surface area (Å²) in [6, 6.07) is 1.30. The first kappa shape index (κ1) is 12.7. The van der Waals surface area contributed by atoms with Crippen LogP contribution in [0.15, 0.2) is 6.07 Å². The summed E-state index contributed by atoms with van der Waals surface area (Å²) in [5.41, 5.74) is 0.317. The molecule has 1 saturated carbocycles. The van der Waals surface area contributed by atoms with E-state index in [0.29, 0.717) is 10.7 Å². The number of halogens is 2. The Hall–Kier alpha value is -0.710. The molecule has 0 bridgehead atoms. The minimum Gasteiger partial charge on any atom is -0.391 e. The van der Waals surface area contributed by atoms with Crippen molar-refractivity contribution in [2.45, 2.75) is 37.8 Å². The van der Waals surface area contributed by atoms with Crippen LogP contribution in [0.4, 0.5) is 0 Å². The van der Waals surface area contributed by atoms with Crippen LogP contribution in [0.3, 0.4) is 0 Å². The average Bonchev–Trinajstić information content (AvgIpc) is 2.63. The van der Waals surface area contributed by atoms with Gasteiger partial charge in [0.05, 0.1) is 17.2 Å². The molecule has 17 heavy (non-hydrogen) atoms. The molecule has 1 amide bonds. The fourth-order valence-corrected chi connectivity index (χ4v) is 2.36. The van der Waals surface area contributed by atoms with Crippen LogP contribution in [0.5, 0.6) is 0 Å². The van der Waals surface area contributed by atoms with Gasteiger partial charge in [-0.1, -0.05) is 36.0 Å². The van der Waals surface area contributed by atoms with Crippen molar-refractivity contribution in [2.24, 2.45) is 0 Å². The van der Waals surface area contributed by atoms with Crippen molar-refractivity contribution in [1.82, 2.24) is 10.3 Å². The Labute approximate surface area is 109 Å². The van der Waals surface area contributed by atoms with Crippen LogP contribution in [0.2, 0.25) is 10.2 Å². The second-order valence-electron chi connectivity index (χ2n) is 4.28. The zero-order valence-electron chi connectivity index (χ0n) is 9.17. The largest absolute Gasteiger partial charge is 0.391 e. The van der Waals surface area contributed by atoms with Crippen molar-refractivity contribution in [2.75, 3.05) is 0 Å². The minimum atomic E-state index is -0.464. The molecule has 3 N–H and O–H groups in total. The SMILES string of the molecule is O=C(NC1CCCCC1O)c1cc(Cl)c(Cl)[nH]1. The number of hydrogen-bond donors (Lipinski definition) is 3. The highest BCUT2D eigenvalue weighted by atomic mass is 35.5. The monoisotopic (exact) mass is 276 g/mol. The number of amides is 1. The standard InChI is InChI=1S/C11H14Cl2N2O2/c12-6-5-8(14-10(6)13)11(17)15-7-3-1-2-4-9(7)16/h5,7,9,14,16H,1-4H2,(H,15,17). The summed E-state index contributed by atoms with van der Waals surface area (Å²) in [4.78, 5) is 14.5. The van der Waals surface area contributed by atoms with Crippen LogP contribution < -0.4 is 5.32 Å². The Morgan fingerprint density at radius 3 is 2.71 bits per heavy atom. The van der Waals surface area contributed by atoms with E-state index in [1.54, 1.807) is 0 Å². The van der Waals surface area contributed by atoms with E-state index in [9.17, 15) is 9.90 Å². The maximum atomic E-state index is 11.9. The van der Waals surface area contributed by atoms with E-state index in [1.165, 1.54) is 6.07 Å². The van der Waals surface area contributed by atoms with Gasteiger partial charge in [-0.15, -0.1) is 0 Å². The highest BCUT2D eigenvalue weighted by Gasteiger charge is 2.25. The first-order valence-corrected chi connectivity index (χ1v) is 6.36. The Kier molecular flexibility index (Phi) is 3.97. The zero-order chi connectivity index (χ0) is 12.4. The Bertz CT molecular complexity index is 400. The van der Waals surface area contributed by atoms with Crippen molar-refractivity contribution in [3.8, 4) is 0 Å². The quantitative estimate of drug-likeness (QED) is 0.777. The van der Waals surface area contributed by atoms with E-state index in [2.05, 4.69) is 10.3 Å². The van der Waals surface area contributed by atoms with Gasteiger partial charge in [0.25, 0.3) is 5.91 Å². The number of aliphatic hydroxyl groups excluding tert-OH is 1. The lowest BCUT2D eigenvalue weighted by atomic mass is 9.92. The van der Waals surface area contributed by atoms with Crippen LogP contribution in [0.25, 0.3) is 0 Å². The van der Waals surface area contributed by atoms with E-state index in [4.69, 9.17) is 23.2 Å². The van der Waals surface area contributed by atoms with Gasteiger partial charge in [-0.2, -0.15) is 0 Å². The lowest BCUT2D eigenvalue weighted by Gasteiger charge is -2.28. The summed E-state index contributed by atoms with van der Waals surface area (Å²) in [5.74, 6) is -0.287. The smallest absolute Gasteiger partial charge is 0.268 e. The molecule has 1 aromatic heterocycles. The highest BCUT2D eigenvalue weighted by molar-refractivity contribution is 6.41. The number of aromatic amines is 1. The molecule has 6 heteroatoms. The molecule has 1 aliphatic rings. The Balaban J connectivity index is 2.01. The van der Waals surface area contributed by atoms with Crippen LogP contribution in [0.1, 0.15) is 36.2 Å². The molecule has 0 aliphatic heterocycles. The maximum Gasteiger partial charge on any atom is 0.268 e. The van der Waals surface area contributed by atoms with Crippen LogP contribution in [-0.4, -0.2) is 28.1 Å². The molecule has 0 radical (unpaired) electrons.